The molecule has 0 heterocycles. The third-order valence-electron chi connectivity index (χ3n) is 4.31. The van der Waals surface area contributed by atoms with E-state index < -0.39 is 6.10 Å². The summed E-state index contributed by atoms with van der Waals surface area (Å²) in [5.41, 5.74) is 0. The molecule has 0 aromatic carbocycles. The lowest BCUT2D eigenvalue weighted by atomic mass is 10.1. The van der Waals surface area contributed by atoms with Gasteiger partial charge in [-0.3, -0.25) is 9.59 Å². The van der Waals surface area contributed by atoms with Crippen LogP contribution in [0, 0.1) is 0 Å². The van der Waals surface area contributed by atoms with Gasteiger partial charge in [0, 0.05) is 12.8 Å². The molecule has 0 saturated heterocycles. The summed E-state index contributed by atoms with van der Waals surface area (Å²) in [4.78, 5) is 22.8. The van der Waals surface area contributed by atoms with Crippen molar-refractivity contribution in [3.8, 4) is 0 Å². The van der Waals surface area contributed by atoms with Gasteiger partial charge in [0.2, 0.25) is 0 Å². The first-order valence-corrected chi connectivity index (χ1v) is 10.6. The fourth-order valence-corrected chi connectivity index (χ4v) is 2.71. The summed E-state index contributed by atoms with van der Waals surface area (Å²) in [5.74, 6) is -0.626. The summed E-state index contributed by atoms with van der Waals surface area (Å²) in [5, 5.41) is 9.62. The van der Waals surface area contributed by atoms with E-state index in [1.54, 1.807) is 0 Å². The van der Waals surface area contributed by atoms with Crippen molar-refractivity contribution in [2.24, 2.45) is 0 Å². The van der Waals surface area contributed by atoms with Crippen molar-refractivity contribution in [3.05, 3.63) is 0 Å². The standard InChI is InChI=1S/C21H40O5/c1-3-5-6-7-8-9-10-11-12-13-14-16-21(24)26-18-19(22)17-25-20(23)15-4-2/h19,22H,3-18H2,1-2H3. The topological polar surface area (TPSA) is 72.8 Å². The highest BCUT2D eigenvalue weighted by atomic mass is 16.6. The molecule has 1 unspecified atom stereocenters. The maximum atomic E-state index is 11.6. The van der Waals surface area contributed by atoms with Gasteiger partial charge in [0.05, 0.1) is 0 Å². The molecule has 0 aromatic heterocycles. The number of unbranched alkanes of at least 4 members (excludes halogenated alkanes) is 10. The summed E-state index contributed by atoms with van der Waals surface area (Å²) in [6, 6.07) is 0. The number of carbonyl (C=O) groups excluding carboxylic acids is 2. The number of hydrogen-bond acceptors (Lipinski definition) is 5. The molecule has 0 bridgehead atoms. The zero-order valence-electron chi connectivity index (χ0n) is 17.0. The summed E-state index contributed by atoms with van der Waals surface area (Å²) in [6.45, 7) is 3.89. The van der Waals surface area contributed by atoms with E-state index in [0.29, 0.717) is 19.3 Å². The summed E-state index contributed by atoms with van der Waals surface area (Å²) >= 11 is 0. The molecule has 0 saturated carbocycles. The maximum Gasteiger partial charge on any atom is 0.305 e. The van der Waals surface area contributed by atoms with Crippen molar-refractivity contribution in [2.75, 3.05) is 13.2 Å². The predicted molar refractivity (Wildman–Crippen MR) is 104 cm³/mol. The largest absolute Gasteiger partial charge is 0.463 e. The molecule has 0 amide bonds. The van der Waals surface area contributed by atoms with E-state index >= 15 is 0 Å². The molecule has 0 aliphatic carbocycles. The van der Waals surface area contributed by atoms with Crippen LogP contribution in [0.5, 0.6) is 0 Å². The van der Waals surface area contributed by atoms with Gasteiger partial charge in [-0.15, -0.1) is 0 Å². The van der Waals surface area contributed by atoms with E-state index in [1.807, 2.05) is 6.92 Å². The Bertz CT molecular complexity index is 343. The van der Waals surface area contributed by atoms with Gasteiger partial charge in [-0.05, 0) is 12.8 Å². The van der Waals surface area contributed by atoms with Gasteiger partial charge in [0.1, 0.15) is 19.3 Å². The van der Waals surface area contributed by atoms with E-state index in [1.165, 1.54) is 51.4 Å². The van der Waals surface area contributed by atoms with Crippen molar-refractivity contribution >= 4 is 11.9 Å². The number of carbonyl (C=O) groups is 2. The van der Waals surface area contributed by atoms with Crippen molar-refractivity contribution in [3.63, 3.8) is 0 Å². The van der Waals surface area contributed by atoms with Gasteiger partial charge in [-0.25, -0.2) is 0 Å². The van der Waals surface area contributed by atoms with Crippen LogP contribution in [0.1, 0.15) is 104 Å². The van der Waals surface area contributed by atoms with Gasteiger partial charge in [0.15, 0.2) is 0 Å². The van der Waals surface area contributed by atoms with Crippen LogP contribution in [0.2, 0.25) is 0 Å². The molecular formula is C21H40O5. The smallest absolute Gasteiger partial charge is 0.305 e. The summed E-state index contributed by atoms with van der Waals surface area (Å²) in [6.07, 6.45) is 14.1. The maximum absolute atomic E-state index is 11.6. The average molecular weight is 373 g/mol. The lowest BCUT2D eigenvalue weighted by Gasteiger charge is -2.11. The Balaban J connectivity index is 3.37. The Morgan fingerprint density at radius 2 is 1.08 bits per heavy atom. The number of rotatable bonds is 18. The first-order chi connectivity index (χ1) is 12.6. The van der Waals surface area contributed by atoms with E-state index in [0.717, 1.165) is 19.3 Å². The van der Waals surface area contributed by atoms with Crippen LogP contribution in [-0.4, -0.2) is 36.4 Å². The van der Waals surface area contributed by atoms with Crippen LogP contribution in [0.25, 0.3) is 0 Å². The van der Waals surface area contributed by atoms with E-state index in [-0.39, 0.29) is 25.2 Å². The molecule has 5 heteroatoms. The lowest BCUT2D eigenvalue weighted by molar-refractivity contribution is -0.152. The van der Waals surface area contributed by atoms with E-state index in [9.17, 15) is 14.7 Å². The Labute approximate surface area is 159 Å². The number of esters is 2. The lowest BCUT2D eigenvalue weighted by Crippen LogP contribution is -2.25. The van der Waals surface area contributed by atoms with Gasteiger partial charge in [-0.2, -0.15) is 0 Å². The van der Waals surface area contributed by atoms with Gasteiger partial charge in [-0.1, -0.05) is 78.1 Å². The number of ether oxygens (including phenoxy) is 2. The zero-order valence-corrected chi connectivity index (χ0v) is 17.0. The third-order valence-corrected chi connectivity index (χ3v) is 4.31. The Morgan fingerprint density at radius 3 is 1.54 bits per heavy atom. The molecule has 0 aliphatic heterocycles. The number of hydrogen-bond donors (Lipinski definition) is 1. The fourth-order valence-electron chi connectivity index (χ4n) is 2.71. The highest BCUT2D eigenvalue weighted by Gasteiger charge is 2.11. The number of aliphatic hydroxyl groups is 1. The summed E-state index contributed by atoms with van der Waals surface area (Å²) in [7, 11) is 0. The van der Waals surface area contributed by atoms with E-state index in [2.05, 4.69) is 6.92 Å². The first-order valence-electron chi connectivity index (χ1n) is 10.6. The highest BCUT2D eigenvalue weighted by molar-refractivity contribution is 5.69. The highest BCUT2D eigenvalue weighted by Crippen LogP contribution is 2.12. The van der Waals surface area contributed by atoms with Gasteiger partial charge < -0.3 is 14.6 Å². The molecular weight excluding hydrogens is 332 g/mol. The van der Waals surface area contributed by atoms with Crippen molar-refractivity contribution in [2.45, 2.75) is 110 Å². The fraction of sp³-hybridized carbons (Fsp3) is 0.905. The normalized spacial score (nSPS) is 12.0. The van der Waals surface area contributed by atoms with Gasteiger partial charge in [0.25, 0.3) is 0 Å². The predicted octanol–water partition coefficient (Wildman–Crippen LogP) is 4.93. The van der Waals surface area contributed by atoms with Crippen LogP contribution in [-0.2, 0) is 19.1 Å². The van der Waals surface area contributed by atoms with Crippen molar-refractivity contribution in [1.29, 1.82) is 0 Å². The van der Waals surface area contributed by atoms with Crippen molar-refractivity contribution in [1.82, 2.24) is 0 Å². The van der Waals surface area contributed by atoms with Crippen LogP contribution in [0.4, 0.5) is 0 Å². The number of aliphatic hydroxyl groups excluding tert-OH is 1. The van der Waals surface area contributed by atoms with Crippen LogP contribution >= 0.6 is 0 Å². The second kappa shape index (κ2) is 18.7. The van der Waals surface area contributed by atoms with Crippen LogP contribution in [0.15, 0.2) is 0 Å². The van der Waals surface area contributed by atoms with Crippen molar-refractivity contribution < 1.29 is 24.2 Å². The average Bonchev–Trinajstić information content (AvgIpc) is 2.63. The molecule has 154 valence electrons. The van der Waals surface area contributed by atoms with Crippen LogP contribution < -0.4 is 0 Å². The monoisotopic (exact) mass is 372 g/mol. The van der Waals surface area contributed by atoms with E-state index in [4.69, 9.17) is 9.47 Å². The SMILES string of the molecule is CCCCCCCCCCCCCC(=O)OCC(O)COC(=O)CCC. The molecule has 1 atom stereocenters. The molecule has 26 heavy (non-hydrogen) atoms. The second-order valence-electron chi connectivity index (χ2n) is 7.06. The zero-order chi connectivity index (χ0) is 19.5. The minimum Gasteiger partial charge on any atom is -0.463 e. The third kappa shape index (κ3) is 17.7. The quantitative estimate of drug-likeness (QED) is 0.273. The Kier molecular flexibility index (Phi) is 17.9. The Hall–Kier alpha value is -1.10. The first kappa shape index (κ1) is 24.9. The minimum atomic E-state index is -0.947. The molecule has 0 aromatic rings. The minimum absolute atomic E-state index is 0.115. The molecule has 0 aliphatic rings. The second-order valence-corrected chi connectivity index (χ2v) is 7.06. The Morgan fingerprint density at radius 1 is 0.654 bits per heavy atom. The molecule has 0 radical (unpaired) electrons. The molecule has 0 rings (SSSR count). The molecule has 0 fully saturated rings. The van der Waals surface area contributed by atoms with Gasteiger partial charge >= 0.3 is 11.9 Å². The molecule has 0 spiro atoms. The van der Waals surface area contributed by atoms with Crippen LogP contribution in [0.3, 0.4) is 0 Å². The summed E-state index contributed by atoms with van der Waals surface area (Å²) < 4.78 is 9.88. The molecule has 5 nitrogen and oxygen atoms in total. The molecule has 1 N–H and O–H groups in total.